The van der Waals surface area contributed by atoms with Crippen molar-refractivity contribution < 1.29 is 0 Å². The summed E-state index contributed by atoms with van der Waals surface area (Å²) in [5.41, 5.74) is 0. The fraction of sp³-hybridized carbons (Fsp3) is 1.00. The third kappa shape index (κ3) is 12.0. The highest BCUT2D eigenvalue weighted by atomic mass is 15.0. The van der Waals surface area contributed by atoms with Gasteiger partial charge in [-0.25, -0.2) is 0 Å². The molecule has 2 heteroatoms. The van der Waals surface area contributed by atoms with Gasteiger partial charge in [0.25, 0.3) is 0 Å². The Hall–Kier alpha value is -0.0800. The zero-order valence-corrected chi connectivity index (χ0v) is 11.6. The Labute approximate surface area is 103 Å². The van der Waals surface area contributed by atoms with E-state index in [0.717, 1.165) is 13.1 Å². The molecular weight excluding hydrogens is 196 g/mol. The van der Waals surface area contributed by atoms with E-state index in [2.05, 4.69) is 31.4 Å². The number of rotatable bonds is 12. The summed E-state index contributed by atoms with van der Waals surface area (Å²) >= 11 is 0. The van der Waals surface area contributed by atoms with Gasteiger partial charge in [0.2, 0.25) is 0 Å². The van der Waals surface area contributed by atoms with Crippen LogP contribution in [0.4, 0.5) is 0 Å². The molecule has 0 amide bonds. The monoisotopic (exact) mass is 228 g/mol. The van der Waals surface area contributed by atoms with Crippen LogP contribution < -0.4 is 10.6 Å². The average molecular weight is 228 g/mol. The second-order valence-electron chi connectivity index (χ2n) is 4.78. The highest BCUT2D eigenvalue weighted by molar-refractivity contribution is 4.59. The normalized spacial score (nSPS) is 12.9. The molecule has 98 valence electrons. The molecule has 0 aromatic rings. The molecule has 0 aromatic carbocycles. The van der Waals surface area contributed by atoms with Crippen LogP contribution in [-0.2, 0) is 0 Å². The van der Waals surface area contributed by atoms with E-state index < -0.39 is 0 Å². The van der Waals surface area contributed by atoms with Crippen LogP contribution in [0.3, 0.4) is 0 Å². The molecule has 1 atom stereocenters. The molecule has 0 spiro atoms. The van der Waals surface area contributed by atoms with E-state index in [1.807, 2.05) is 0 Å². The molecule has 0 rings (SSSR count). The van der Waals surface area contributed by atoms with Crippen molar-refractivity contribution >= 4 is 0 Å². The molecule has 0 bridgehead atoms. The SMILES string of the molecule is CCCCCCCCNCCN[C@@H](C)CC. The molecular formula is C14H32N2. The maximum atomic E-state index is 3.49. The van der Waals surface area contributed by atoms with Crippen molar-refractivity contribution in [2.24, 2.45) is 0 Å². The summed E-state index contributed by atoms with van der Waals surface area (Å²) in [6, 6.07) is 0.663. The molecule has 0 saturated heterocycles. The van der Waals surface area contributed by atoms with Gasteiger partial charge in [-0.2, -0.15) is 0 Å². The third-order valence-electron chi connectivity index (χ3n) is 3.11. The lowest BCUT2D eigenvalue weighted by Crippen LogP contribution is -2.33. The second kappa shape index (κ2) is 13.0. The van der Waals surface area contributed by atoms with E-state index in [-0.39, 0.29) is 0 Å². The predicted octanol–water partition coefficient (Wildman–Crippen LogP) is 3.32. The lowest BCUT2D eigenvalue weighted by atomic mass is 10.1. The lowest BCUT2D eigenvalue weighted by molar-refractivity contribution is 0.508. The summed E-state index contributed by atoms with van der Waals surface area (Å²) in [5.74, 6) is 0. The highest BCUT2D eigenvalue weighted by Gasteiger charge is 1.95. The standard InChI is InChI=1S/C14H32N2/c1-4-6-7-8-9-10-11-15-12-13-16-14(3)5-2/h14-16H,4-13H2,1-3H3/t14-/m0/s1. The molecule has 0 fully saturated rings. The zero-order valence-electron chi connectivity index (χ0n) is 11.6. The summed E-state index contributed by atoms with van der Waals surface area (Å²) in [6.07, 6.45) is 9.55. The van der Waals surface area contributed by atoms with Crippen molar-refractivity contribution in [1.29, 1.82) is 0 Å². The Kier molecular flexibility index (Phi) is 12.9. The molecule has 0 aliphatic rings. The summed E-state index contributed by atoms with van der Waals surface area (Å²) in [5, 5.41) is 6.98. The van der Waals surface area contributed by atoms with E-state index in [1.54, 1.807) is 0 Å². The Morgan fingerprint density at radius 3 is 2.19 bits per heavy atom. The molecule has 0 saturated carbocycles. The molecule has 2 nitrogen and oxygen atoms in total. The van der Waals surface area contributed by atoms with Crippen molar-refractivity contribution in [2.75, 3.05) is 19.6 Å². The smallest absolute Gasteiger partial charge is 0.00792 e. The van der Waals surface area contributed by atoms with Gasteiger partial charge in [0.15, 0.2) is 0 Å². The van der Waals surface area contributed by atoms with Crippen LogP contribution in [0.15, 0.2) is 0 Å². The quantitative estimate of drug-likeness (QED) is 0.501. The minimum atomic E-state index is 0.663. The van der Waals surface area contributed by atoms with Crippen molar-refractivity contribution in [3.8, 4) is 0 Å². The maximum Gasteiger partial charge on any atom is 0.00792 e. The Morgan fingerprint density at radius 1 is 0.812 bits per heavy atom. The molecule has 0 unspecified atom stereocenters. The van der Waals surface area contributed by atoms with Crippen LogP contribution in [0.5, 0.6) is 0 Å². The molecule has 0 radical (unpaired) electrons. The summed E-state index contributed by atoms with van der Waals surface area (Å²) in [7, 11) is 0. The first-order valence-electron chi connectivity index (χ1n) is 7.25. The molecule has 0 heterocycles. The summed E-state index contributed by atoms with van der Waals surface area (Å²) in [6.45, 7) is 10.1. The largest absolute Gasteiger partial charge is 0.315 e. The minimum Gasteiger partial charge on any atom is -0.315 e. The Balaban J connectivity index is 2.93. The van der Waals surface area contributed by atoms with Gasteiger partial charge in [0.1, 0.15) is 0 Å². The molecule has 0 aliphatic heterocycles. The van der Waals surface area contributed by atoms with Crippen molar-refractivity contribution in [1.82, 2.24) is 10.6 Å². The summed E-state index contributed by atoms with van der Waals surface area (Å²) in [4.78, 5) is 0. The lowest BCUT2D eigenvalue weighted by Gasteiger charge is -2.11. The van der Waals surface area contributed by atoms with Gasteiger partial charge in [-0.3, -0.25) is 0 Å². The number of hydrogen-bond acceptors (Lipinski definition) is 2. The number of unbranched alkanes of at least 4 members (excludes halogenated alkanes) is 5. The molecule has 2 N–H and O–H groups in total. The van der Waals surface area contributed by atoms with Gasteiger partial charge in [-0.15, -0.1) is 0 Å². The van der Waals surface area contributed by atoms with Gasteiger partial charge in [0.05, 0.1) is 0 Å². The second-order valence-corrected chi connectivity index (χ2v) is 4.78. The van der Waals surface area contributed by atoms with E-state index in [0.29, 0.717) is 6.04 Å². The topological polar surface area (TPSA) is 24.1 Å². The van der Waals surface area contributed by atoms with Crippen molar-refractivity contribution in [3.63, 3.8) is 0 Å². The fourth-order valence-electron chi connectivity index (χ4n) is 1.71. The van der Waals surface area contributed by atoms with E-state index in [1.165, 1.54) is 51.5 Å². The maximum absolute atomic E-state index is 3.49. The van der Waals surface area contributed by atoms with Crippen LogP contribution in [-0.4, -0.2) is 25.7 Å². The van der Waals surface area contributed by atoms with Crippen LogP contribution in [0.1, 0.15) is 65.7 Å². The zero-order chi connectivity index (χ0) is 12.1. The average Bonchev–Trinajstić information content (AvgIpc) is 2.31. The summed E-state index contributed by atoms with van der Waals surface area (Å²) < 4.78 is 0. The van der Waals surface area contributed by atoms with Crippen molar-refractivity contribution in [3.05, 3.63) is 0 Å². The first-order chi connectivity index (χ1) is 7.81. The van der Waals surface area contributed by atoms with Gasteiger partial charge in [-0.1, -0.05) is 46.0 Å². The molecule has 0 aromatic heterocycles. The van der Waals surface area contributed by atoms with E-state index in [9.17, 15) is 0 Å². The fourth-order valence-corrected chi connectivity index (χ4v) is 1.71. The van der Waals surface area contributed by atoms with Gasteiger partial charge >= 0.3 is 0 Å². The van der Waals surface area contributed by atoms with Gasteiger partial charge < -0.3 is 10.6 Å². The van der Waals surface area contributed by atoms with Crippen LogP contribution in [0.25, 0.3) is 0 Å². The highest BCUT2D eigenvalue weighted by Crippen LogP contribution is 2.03. The number of hydrogen-bond donors (Lipinski definition) is 2. The number of nitrogens with one attached hydrogen (secondary N) is 2. The Bertz CT molecular complexity index is 126. The van der Waals surface area contributed by atoms with Crippen LogP contribution in [0.2, 0.25) is 0 Å². The van der Waals surface area contributed by atoms with Crippen LogP contribution >= 0.6 is 0 Å². The first-order valence-corrected chi connectivity index (χ1v) is 7.25. The van der Waals surface area contributed by atoms with Crippen molar-refractivity contribution in [2.45, 2.75) is 71.8 Å². The van der Waals surface area contributed by atoms with E-state index in [4.69, 9.17) is 0 Å². The predicted molar refractivity (Wildman–Crippen MR) is 74.0 cm³/mol. The third-order valence-corrected chi connectivity index (χ3v) is 3.11. The van der Waals surface area contributed by atoms with Crippen LogP contribution in [0, 0.1) is 0 Å². The minimum absolute atomic E-state index is 0.663. The van der Waals surface area contributed by atoms with Gasteiger partial charge in [-0.05, 0) is 26.3 Å². The molecule has 0 aliphatic carbocycles. The molecule has 16 heavy (non-hydrogen) atoms. The van der Waals surface area contributed by atoms with E-state index >= 15 is 0 Å². The Morgan fingerprint density at radius 2 is 1.50 bits per heavy atom. The first kappa shape index (κ1) is 15.9. The van der Waals surface area contributed by atoms with Gasteiger partial charge in [0, 0.05) is 19.1 Å².